The number of amides is 1. The monoisotopic (exact) mass is 318 g/mol. The van der Waals surface area contributed by atoms with Gasteiger partial charge in [0.05, 0.1) is 18.7 Å². The van der Waals surface area contributed by atoms with Crippen LogP contribution in [0, 0.1) is 0 Å². The van der Waals surface area contributed by atoms with E-state index in [-0.39, 0.29) is 17.2 Å². The van der Waals surface area contributed by atoms with Crippen LogP contribution in [0.1, 0.15) is 46.4 Å². The molecule has 0 spiro atoms. The van der Waals surface area contributed by atoms with Gasteiger partial charge in [0, 0.05) is 12.1 Å². The number of rotatable bonds is 6. The number of nitrogens with one attached hydrogen (secondary N) is 1. The number of carboxylic acid groups (broad SMARTS) is 1. The highest BCUT2D eigenvalue weighted by Crippen LogP contribution is 2.18. The lowest BCUT2D eigenvalue weighted by Crippen LogP contribution is -2.29. The molecule has 8 nitrogen and oxygen atoms in total. The number of aromatic carboxylic acids is 1. The highest BCUT2D eigenvalue weighted by molar-refractivity contribution is 5.98. The number of nitrogens with zero attached hydrogens (tertiary/aromatic N) is 3. The minimum absolute atomic E-state index is 0.0149. The maximum atomic E-state index is 12.4. The molecule has 1 amide bonds. The minimum atomic E-state index is -1.13. The van der Waals surface area contributed by atoms with Crippen molar-refractivity contribution in [3.63, 3.8) is 0 Å². The molecule has 2 N–H and O–H groups in total. The number of carbonyl (C=O) groups excluding carboxylic acids is 1. The standard InChI is InChI=1S/C15H18N4O4/c1-4-19-13(16-8-17-19)9(2)18-14(20)10-5-11(15(21)22)7-12(6-10)23-3/h5-9H,4H2,1-3H3,(H,18,20)(H,21,22)/t9-/m0/s1. The van der Waals surface area contributed by atoms with Crippen LogP contribution in [-0.4, -0.2) is 38.9 Å². The van der Waals surface area contributed by atoms with Crippen molar-refractivity contribution in [2.45, 2.75) is 26.4 Å². The third-order valence-corrected chi connectivity index (χ3v) is 3.33. The van der Waals surface area contributed by atoms with Crippen molar-refractivity contribution in [2.24, 2.45) is 0 Å². The van der Waals surface area contributed by atoms with E-state index in [2.05, 4.69) is 15.4 Å². The molecular formula is C15H18N4O4. The zero-order valence-electron chi connectivity index (χ0n) is 13.1. The van der Waals surface area contributed by atoms with E-state index in [9.17, 15) is 9.59 Å². The smallest absolute Gasteiger partial charge is 0.335 e. The summed E-state index contributed by atoms with van der Waals surface area (Å²) < 4.78 is 6.72. The van der Waals surface area contributed by atoms with E-state index in [1.54, 1.807) is 11.6 Å². The summed E-state index contributed by atoms with van der Waals surface area (Å²) in [5.74, 6) is -0.608. The number of carbonyl (C=O) groups is 2. The molecule has 0 radical (unpaired) electrons. The molecular weight excluding hydrogens is 300 g/mol. The summed E-state index contributed by atoms with van der Waals surface area (Å²) in [7, 11) is 1.41. The molecule has 23 heavy (non-hydrogen) atoms. The van der Waals surface area contributed by atoms with Gasteiger partial charge in [0.2, 0.25) is 0 Å². The van der Waals surface area contributed by atoms with Crippen LogP contribution in [0.3, 0.4) is 0 Å². The summed E-state index contributed by atoms with van der Waals surface area (Å²) in [4.78, 5) is 27.6. The topological polar surface area (TPSA) is 106 Å². The minimum Gasteiger partial charge on any atom is -0.497 e. The van der Waals surface area contributed by atoms with Crippen molar-refractivity contribution in [1.29, 1.82) is 0 Å². The van der Waals surface area contributed by atoms with Crippen molar-refractivity contribution >= 4 is 11.9 Å². The molecule has 1 aromatic heterocycles. The van der Waals surface area contributed by atoms with Crippen LogP contribution in [0.15, 0.2) is 24.5 Å². The molecule has 0 bridgehead atoms. The fraction of sp³-hybridized carbons (Fsp3) is 0.333. The maximum absolute atomic E-state index is 12.4. The van der Waals surface area contributed by atoms with E-state index in [0.717, 1.165) is 0 Å². The molecule has 2 aromatic rings. The van der Waals surface area contributed by atoms with Crippen LogP contribution in [-0.2, 0) is 6.54 Å². The largest absolute Gasteiger partial charge is 0.497 e. The first-order valence-electron chi connectivity index (χ1n) is 7.07. The Kier molecular flexibility index (Phi) is 4.95. The van der Waals surface area contributed by atoms with Gasteiger partial charge in [0.25, 0.3) is 5.91 Å². The van der Waals surface area contributed by atoms with E-state index in [0.29, 0.717) is 18.1 Å². The van der Waals surface area contributed by atoms with Crippen LogP contribution in [0.5, 0.6) is 5.75 Å². The molecule has 1 atom stereocenters. The van der Waals surface area contributed by atoms with Gasteiger partial charge in [-0.3, -0.25) is 4.79 Å². The van der Waals surface area contributed by atoms with E-state index in [1.165, 1.54) is 31.6 Å². The second kappa shape index (κ2) is 6.91. The molecule has 0 aliphatic heterocycles. The number of ether oxygens (including phenoxy) is 1. The third kappa shape index (κ3) is 3.65. The fourth-order valence-electron chi connectivity index (χ4n) is 2.17. The summed E-state index contributed by atoms with van der Waals surface area (Å²) >= 11 is 0. The molecule has 0 aliphatic carbocycles. The summed E-state index contributed by atoms with van der Waals surface area (Å²) in [6, 6.07) is 3.77. The Labute approximate surface area is 133 Å². The number of aromatic nitrogens is 3. The van der Waals surface area contributed by atoms with Gasteiger partial charge in [-0.1, -0.05) is 0 Å². The predicted molar refractivity (Wildman–Crippen MR) is 81.5 cm³/mol. The Morgan fingerprint density at radius 3 is 2.65 bits per heavy atom. The van der Waals surface area contributed by atoms with Crippen molar-refractivity contribution in [3.8, 4) is 5.75 Å². The molecule has 0 saturated heterocycles. The predicted octanol–water partition coefficient (Wildman–Crippen LogP) is 1.50. The van der Waals surface area contributed by atoms with Gasteiger partial charge in [0.1, 0.15) is 17.9 Å². The second-order valence-corrected chi connectivity index (χ2v) is 4.88. The molecule has 8 heteroatoms. The fourth-order valence-corrected chi connectivity index (χ4v) is 2.17. The van der Waals surface area contributed by atoms with Gasteiger partial charge in [-0.2, -0.15) is 5.10 Å². The summed E-state index contributed by atoms with van der Waals surface area (Å²) in [6.07, 6.45) is 1.43. The van der Waals surface area contributed by atoms with Gasteiger partial charge >= 0.3 is 5.97 Å². The van der Waals surface area contributed by atoms with Gasteiger partial charge in [-0.05, 0) is 32.0 Å². The summed E-state index contributed by atoms with van der Waals surface area (Å²) in [5.41, 5.74) is 0.190. The van der Waals surface area contributed by atoms with Gasteiger partial charge < -0.3 is 15.2 Å². The molecule has 0 aliphatic rings. The number of methoxy groups -OCH3 is 1. The quantitative estimate of drug-likeness (QED) is 0.836. The lowest BCUT2D eigenvalue weighted by atomic mass is 10.1. The highest BCUT2D eigenvalue weighted by Gasteiger charge is 2.18. The molecule has 0 saturated carbocycles. The van der Waals surface area contributed by atoms with E-state index >= 15 is 0 Å². The van der Waals surface area contributed by atoms with E-state index in [1.807, 2.05) is 6.92 Å². The van der Waals surface area contributed by atoms with E-state index < -0.39 is 11.9 Å². The van der Waals surface area contributed by atoms with Crippen LogP contribution in [0.25, 0.3) is 0 Å². The lowest BCUT2D eigenvalue weighted by Gasteiger charge is -2.14. The average Bonchev–Trinajstić information content (AvgIpc) is 3.02. The Bertz CT molecular complexity index is 726. The van der Waals surface area contributed by atoms with Crippen molar-refractivity contribution < 1.29 is 19.4 Å². The Hall–Kier alpha value is -2.90. The molecule has 0 fully saturated rings. The Morgan fingerprint density at radius 2 is 2.04 bits per heavy atom. The number of carboxylic acids is 1. The van der Waals surface area contributed by atoms with Gasteiger partial charge in [0.15, 0.2) is 0 Å². The number of hydrogen-bond donors (Lipinski definition) is 2. The molecule has 122 valence electrons. The number of aryl methyl sites for hydroxylation is 1. The summed E-state index contributed by atoms with van der Waals surface area (Å²) in [5, 5.41) is 15.9. The first-order valence-corrected chi connectivity index (χ1v) is 7.07. The van der Waals surface area contributed by atoms with Gasteiger partial charge in [-0.15, -0.1) is 0 Å². The van der Waals surface area contributed by atoms with E-state index in [4.69, 9.17) is 9.84 Å². The van der Waals surface area contributed by atoms with Crippen LogP contribution >= 0.6 is 0 Å². The highest BCUT2D eigenvalue weighted by atomic mass is 16.5. The molecule has 0 unspecified atom stereocenters. The zero-order chi connectivity index (χ0) is 17.0. The summed E-state index contributed by atoms with van der Waals surface area (Å²) in [6.45, 7) is 4.35. The van der Waals surface area contributed by atoms with Crippen LogP contribution < -0.4 is 10.1 Å². The van der Waals surface area contributed by atoms with Crippen molar-refractivity contribution in [2.75, 3.05) is 7.11 Å². The maximum Gasteiger partial charge on any atom is 0.335 e. The zero-order valence-corrected chi connectivity index (χ0v) is 13.1. The first-order chi connectivity index (χ1) is 11.0. The average molecular weight is 318 g/mol. The first kappa shape index (κ1) is 16.5. The molecule has 1 heterocycles. The SMILES string of the molecule is CCn1ncnc1[C@H](C)NC(=O)c1cc(OC)cc(C(=O)O)c1. The van der Waals surface area contributed by atoms with Crippen LogP contribution in [0.2, 0.25) is 0 Å². The molecule has 2 rings (SSSR count). The van der Waals surface area contributed by atoms with Crippen LogP contribution in [0.4, 0.5) is 0 Å². The normalized spacial score (nSPS) is 11.8. The van der Waals surface area contributed by atoms with Crippen molar-refractivity contribution in [3.05, 3.63) is 41.5 Å². The lowest BCUT2D eigenvalue weighted by molar-refractivity contribution is 0.0696. The van der Waals surface area contributed by atoms with Crippen molar-refractivity contribution in [1.82, 2.24) is 20.1 Å². The molecule has 1 aromatic carbocycles. The number of benzene rings is 1. The second-order valence-electron chi connectivity index (χ2n) is 4.88. The third-order valence-electron chi connectivity index (χ3n) is 3.33. The Balaban J connectivity index is 2.23. The van der Waals surface area contributed by atoms with Gasteiger partial charge in [-0.25, -0.2) is 14.5 Å². The Morgan fingerprint density at radius 1 is 1.35 bits per heavy atom. The number of hydrogen-bond acceptors (Lipinski definition) is 5.